The first kappa shape index (κ1) is 15.8. The van der Waals surface area contributed by atoms with Gasteiger partial charge < -0.3 is 0 Å². The van der Waals surface area contributed by atoms with Gasteiger partial charge in [0.05, 0.1) is 0 Å². The summed E-state index contributed by atoms with van der Waals surface area (Å²) in [4.78, 5) is 31.6. The first-order valence-electron chi connectivity index (χ1n) is 7.04. The molecule has 0 radical (unpaired) electrons. The molecule has 0 aliphatic carbocycles. The minimum absolute atomic E-state index is 0.232. The molecule has 6 nitrogen and oxygen atoms in total. The number of hydrogen-bond acceptors (Lipinski definition) is 4. The second-order valence-electron chi connectivity index (χ2n) is 5.04. The number of carbonyl (C=O) groups excluding carboxylic acids is 2. The molecule has 0 saturated carbocycles. The molecule has 1 saturated heterocycles. The molecule has 7 heteroatoms. The van der Waals surface area contributed by atoms with Crippen molar-refractivity contribution in [1.82, 2.24) is 9.80 Å². The van der Waals surface area contributed by atoms with Crippen LogP contribution in [0.15, 0.2) is 17.6 Å². The maximum atomic E-state index is 12.4. The van der Waals surface area contributed by atoms with Crippen molar-refractivity contribution >= 4 is 34.7 Å². The van der Waals surface area contributed by atoms with Gasteiger partial charge in [0.15, 0.2) is 0 Å². The van der Waals surface area contributed by atoms with E-state index in [1.165, 1.54) is 11.9 Å². The Balaban J connectivity index is 2.33. The zero-order valence-corrected chi connectivity index (χ0v) is 13.5. The first-order chi connectivity index (χ1) is 10.0. The van der Waals surface area contributed by atoms with Gasteiger partial charge in [0.25, 0.3) is 17.8 Å². The van der Waals surface area contributed by atoms with Gasteiger partial charge >= 0.3 is 11.2 Å². The van der Waals surface area contributed by atoms with Gasteiger partial charge in [-0.05, 0) is 23.2 Å². The van der Waals surface area contributed by atoms with Crippen LogP contribution in [0.25, 0.3) is 0 Å². The quantitative estimate of drug-likeness (QED) is 0.438. The Morgan fingerprint density at radius 1 is 1.38 bits per heavy atom. The number of amidine groups is 2. The van der Waals surface area contributed by atoms with Crippen LogP contribution in [0.4, 0.5) is 4.79 Å². The van der Waals surface area contributed by atoms with Crippen LogP contribution in [-0.4, -0.2) is 69.8 Å². The molecule has 0 bridgehead atoms. The van der Waals surface area contributed by atoms with Gasteiger partial charge in [0.1, 0.15) is 6.54 Å². The highest BCUT2D eigenvalue weighted by Crippen LogP contribution is 2.23. The third kappa shape index (κ3) is 2.74. The summed E-state index contributed by atoms with van der Waals surface area (Å²) in [6.07, 6.45) is 3.96. The predicted octanol–water partition coefficient (Wildman–Crippen LogP) is 1.38. The fourth-order valence-corrected chi connectivity index (χ4v) is 3.44. The number of carbonyl (C=O) groups is 2. The summed E-state index contributed by atoms with van der Waals surface area (Å²) in [7, 11) is 3.16. The fraction of sp³-hybridized carbons (Fsp3) is 0.571. The highest BCUT2D eigenvalue weighted by atomic mass is 32.2. The van der Waals surface area contributed by atoms with Gasteiger partial charge in [-0.2, -0.15) is 0 Å². The summed E-state index contributed by atoms with van der Waals surface area (Å²) in [6.45, 7) is 6.42. The van der Waals surface area contributed by atoms with Crippen molar-refractivity contribution in [2.45, 2.75) is 25.8 Å². The molecule has 2 aliphatic heterocycles. The number of likely N-dealkylation sites (N-methyl/N-ethyl adjacent to an activating group) is 2. The number of imide groups is 1. The van der Waals surface area contributed by atoms with Crippen LogP contribution in [0.2, 0.25) is 0 Å². The second kappa shape index (κ2) is 6.43. The molecular weight excluding hydrogens is 288 g/mol. The van der Waals surface area contributed by atoms with Gasteiger partial charge in [0, 0.05) is 19.8 Å². The van der Waals surface area contributed by atoms with Crippen molar-refractivity contribution in [1.29, 1.82) is 0 Å². The molecule has 0 aromatic heterocycles. The fourth-order valence-electron chi connectivity index (χ4n) is 2.32. The maximum absolute atomic E-state index is 12.4. The zero-order valence-electron chi connectivity index (χ0n) is 12.7. The molecule has 0 aromatic rings. The lowest BCUT2D eigenvalue weighted by atomic mass is 10.1. The van der Waals surface area contributed by atoms with E-state index in [0.29, 0.717) is 12.4 Å². The maximum Gasteiger partial charge on any atom is 0.358 e. The third-order valence-corrected chi connectivity index (χ3v) is 4.63. The SMILES string of the molecule is C=CC[N+]1=C(SCCCC)N=C2C1C(=O)N(C)C(=O)N2C. The number of unbranched alkanes of at least 4 members (excludes halogenated alkanes) is 1. The number of urea groups is 1. The van der Waals surface area contributed by atoms with Crippen molar-refractivity contribution in [2.24, 2.45) is 4.99 Å². The number of fused-ring (bicyclic) bond motifs is 1. The molecule has 0 N–H and O–H groups in total. The summed E-state index contributed by atoms with van der Waals surface area (Å²) in [5, 5.41) is 0.798. The van der Waals surface area contributed by atoms with E-state index in [-0.39, 0.29) is 11.9 Å². The molecular formula is C14H21N4O2S+. The van der Waals surface area contributed by atoms with Gasteiger partial charge in [-0.25, -0.2) is 9.37 Å². The molecule has 2 rings (SSSR count). The molecule has 1 unspecified atom stereocenters. The van der Waals surface area contributed by atoms with E-state index in [0.717, 1.165) is 28.7 Å². The van der Waals surface area contributed by atoms with E-state index >= 15 is 0 Å². The molecule has 21 heavy (non-hydrogen) atoms. The number of rotatable bonds is 5. The smallest absolute Gasteiger partial charge is 0.269 e. The van der Waals surface area contributed by atoms with Crippen LogP contribution in [0.5, 0.6) is 0 Å². The Bertz CT molecular complexity index is 541. The van der Waals surface area contributed by atoms with Gasteiger partial charge in [0.2, 0.25) is 0 Å². The molecule has 1 atom stereocenters. The van der Waals surface area contributed by atoms with Gasteiger partial charge in [-0.3, -0.25) is 14.6 Å². The van der Waals surface area contributed by atoms with Crippen LogP contribution in [0, 0.1) is 0 Å². The molecule has 114 valence electrons. The Morgan fingerprint density at radius 3 is 2.71 bits per heavy atom. The van der Waals surface area contributed by atoms with Crippen molar-refractivity contribution < 1.29 is 14.2 Å². The van der Waals surface area contributed by atoms with E-state index in [4.69, 9.17) is 0 Å². The Hall–Kier alpha value is -1.63. The lowest BCUT2D eigenvalue weighted by Gasteiger charge is -2.30. The van der Waals surface area contributed by atoms with E-state index in [9.17, 15) is 9.59 Å². The minimum Gasteiger partial charge on any atom is -0.269 e. The van der Waals surface area contributed by atoms with Crippen molar-refractivity contribution in [3.8, 4) is 0 Å². The molecule has 2 heterocycles. The molecule has 0 spiro atoms. The van der Waals surface area contributed by atoms with Crippen LogP contribution >= 0.6 is 11.8 Å². The third-order valence-electron chi connectivity index (χ3n) is 3.55. The van der Waals surface area contributed by atoms with Crippen molar-refractivity contribution in [3.63, 3.8) is 0 Å². The largest absolute Gasteiger partial charge is 0.358 e. The Kier molecular flexibility index (Phi) is 4.82. The molecule has 3 amide bonds. The van der Waals surface area contributed by atoms with Gasteiger partial charge in [-0.1, -0.05) is 26.0 Å². The van der Waals surface area contributed by atoms with Gasteiger partial charge in [-0.15, -0.1) is 0 Å². The van der Waals surface area contributed by atoms with Crippen LogP contribution in [0.1, 0.15) is 19.8 Å². The Morgan fingerprint density at radius 2 is 2.10 bits per heavy atom. The number of nitrogens with zero attached hydrogens (tertiary/aromatic N) is 4. The van der Waals surface area contributed by atoms with E-state index < -0.39 is 6.04 Å². The average Bonchev–Trinajstić information content (AvgIpc) is 2.83. The van der Waals surface area contributed by atoms with Crippen LogP contribution in [0.3, 0.4) is 0 Å². The van der Waals surface area contributed by atoms with E-state index in [1.54, 1.807) is 24.9 Å². The highest BCUT2D eigenvalue weighted by molar-refractivity contribution is 8.13. The average molecular weight is 309 g/mol. The first-order valence-corrected chi connectivity index (χ1v) is 8.02. The summed E-state index contributed by atoms with van der Waals surface area (Å²) in [5.41, 5.74) is 0. The summed E-state index contributed by atoms with van der Waals surface area (Å²) in [5.74, 6) is 1.23. The minimum atomic E-state index is -0.514. The number of amides is 3. The number of aliphatic imine (C=N–C) groups is 1. The second-order valence-corrected chi connectivity index (χ2v) is 6.10. The number of thioether (sulfide) groups is 1. The molecule has 1 fully saturated rings. The molecule has 2 aliphatic rings. The normalized spacial score (nSPS) is 21.9. The Labute approximate surface area is 129 Å². The standard InChI is InChI=1S/C14H21N4O2S/c1-5-7-9-21-13-15-11-10(18(13)8-6-2)12(19)17(4)14(20)16(11)3/h6,10H,2,5,7-9H2,1,3-4H3/q+1. The van der Waals surface area contributed by atoms with Crippen LogP contribution in [-0.2, 0) is 4.79 Å². The van der Waals surface area contributed by atoms with E-state index in [2.05, 4.69) is 18.5 Å². The topological polar surface area (TPSA) is 56.0 Å². The summed E-state index contributed by atoms with van der Waals surface area (Å²) < 4.78 is 1.92. The zero-order chi connectivity index (χ0) is 15.6. The summed E-state index contributed by atoms with van der Waals surface area (Å²) in [6, 6.07) is -0.854. The van der Waals surface area contributed by atoms with E-state index in [1.807, 2.05) is 4.58 Å². The highest BCUT2D eigenvalue weighted by Gasteiger charge is 2.52. The van der Waals surface area contributed by atoms with Crippen molar-refractivity contribution in [3.05, 3.63) is 12.7 Å². The number of hydrogen-bond donors (Lipinski definition) is 0. The predicted molar refractivity (Wildman–Crippen MR) is 84.8 cm³/mol. The summed E-state index contributed by atoms with van der Waals surface area (Å²) >= 11 is 1.63. The molecule has 0 aromatic carbocycles. The van der Waals surface area contributed by atoms with Crippen molar-refractivity contribution in [2.75, 3.05) is 26.4 Å². The monoisotopic (exact) mass is 309 g/mol. The van der Waals surface area contributed by atoms with Crippen LogP contribution < -0.4 is 0 Å². The lowest BCUT2D eigenvalue weighted by Crippen LogP contribution is -2.61. The lowest BCUT2D eigenvalue weighted by molar-refractivity contribution is -0.522.